The third-order valence-electron chi connectivity index (χ3n) is 3.65. The maximum Gasteiger partial charge on any atom is 0.242 e. The molecule has 0 aliphatic rings. The average molecular weight is 355 g/mol. The molecule has 0 amide bonds. The molecule has 0 saturated heterocycles. The lowest BCUT2D eigenvalue weighted by atomic mass is 10.0. The van der Waals surface area contributed by atoms with Crippen LogP contribution < -0.4 is 8.85 Å². The molecular formula is C20H26O2Si2. The Morgan fingerprint density at radius 1 is 0.500 bits per heavy atom. The molecule has 0 spiro atoms. The van der Waals surface area contributed by atoms with E-state index < -0.39 is 16.6 Å². The van der Waals surface area contributed by atoms with Crippen LogP contribution >= 0.6 is 0 Å². The Morgan fingerprint density at radius 2 is 0.750 bits per heavy atom. The van der Waals surface area contributed by atoms with Crippen LogP contribution in [0.15, 0.2) is 48.5 Å². The van der Waals surface area contributed by atoms with Crippen molar-refractivity contribution >= 4 is 38.2 Å². The highest BCUT2D eigenvalue weighted by molar-refractivity contribution is 6.71. The highest BCUT2D eigenvalue weighted by Gasteiger charge is 2.24. The van der Waals surface area contributed by atoms with Crippen LogP contribution in [0.3, 0.4) is 0 Å². The normalized spacial score (nSPS) is 12.6. The van der Waals surface area contributed by atoms with Crippen LogP contribution in [-0.4, -0.2) is 16.6 Å². The Hall–Kier alpha value is -1.79. The maximum absolute atomic E-state index is 6.51. The van der Waals surface area contributed by atoms with Crippen molar-refractivity contribution in [3.05, 3.63) is 48.5 Å². The molecule has 0 radical (unpaired) electrons. The van der Waals surface area contributed by atoms with E-state index in [4.69, 9.17) is 8.85 Å². The molecule has 0 bridgehead atoms. The zero-order valence-electron chi connectivity index (χ0n) is 15.4. The number of hydrogen-bond donors (Lipinski definition) is 0. The van der Waals surface area contributed by atoms with Crippen LogP contribution in [0.25, 0.3) is 21.5 Å². The van der Waals surface area contributed by atoms with E-state index in [2.05, 4.69) is 87.8 Å². The molecule has 0 aliphatic carbocycles. The van der Waals surface area contributed by atoms with Crippen molar-refractivity contribution < 1.29 is 8.85 Å². The van der Waals surface area contributed by atoms with E-state index in [0.717, 1.165) is 33.0 Å². The van der Waals surface area contributed by atoms with Crippen molar-refractivity contribution in [2.24, 2.45) is 0 Å². The van der Waals surface area contributed by atoms with Gasteiger partial charge in [-0.25, -0.2) is 0 Å². The second-order valence-electron chi connectivity index (χ2n) is 8.18. The summed E-state index contributed by atoms with van der Waals surface area (Å²) in [7, 11) is -3.46. The molecule has 3 aromatic rings. The van der Waals surface area contributed by atoms with Crippen molar-refractivity contribution in [2.75, 3.05) is 0 Å². The van der Waals surface area contributed by atoms with Crippen LogP contribution in [0.1, 0.15) is 0 Å². The zero-order valence-corrected chi connectivity index (χ0v) is 17.4. The van der Waals surface area contributed by atoms with E-state index in [9.17, 15) is 0 Å². The molecule has 0 saturated carbocycles. The fourth-order valence-corrected chi connectivity index (χ4v) is 4.55. The van der Waals surface area contributed by atoms with Gasteiger partial charge in [0.05, 0.1) is 0 Å². The summed E-state index contributed by atoms with van der Waals surface area (Å²) in [6.07, 6.45) is 0. The van der Waals surface area contributed by atoms with Crippen molar-refractivity contribution in [3.63, 3.8) is 0 Å². The fourth-order valence-electron chi connectivity index (χ4n) is 2.88. The van der Waals surface area contributed by atoms with Gasteiger partial charge < -0.3 is 8.85 Å². The standard InChI is InChI=1S/C20H26O2Si2/c1-23(2,3)21-19-15-11-7-9-13-17(15)20(22-24(4,5)6)18-14-10-8-12-16(18)19/h7-14H,1-6H3. The van der Waals surface area contributed by atoms with Gasteiger partial charge in [0, 0.05) is 21.5 Å². The summed E-state index contributed by atoms with van der Waals surface area (Å²) in [6, 6.07) is 16.9. The summed E-state index contributed by atoms with van der Waals surface area (Å²) < 4.78 is 13.0. The topological polar surface area (TPSA) is 18.5 Å². The lowest BCUT2D eigenvalue weighted by Gasteiger charge is -2.26. The highest BCUT2D eigenvalue weighted by atomic mass is 28.4. The molecule has 0 aliphatic heterocycles. The SMILES string of the molecule is C[Si](C)(C)Oc1c2ccccc2c(O[Si](C)(C)C)c2ccccc12. The quantitative estimate of drug-likeness (QED) is 0.397. The average Bonchev–Trinajstić information content (AvgIpc) is 2.48. The first-order valence-electron chi connectivity index (χ1n) is 8.47. The molecule has 24 heavy (non-hydrogen) atoms. The number of rotatable bonds is 4. The van der Waals surface area contributed by atoms with Crippen LogP contribution in [0.2, 0.25) is 39.3 Å². The van der Waals surface area contributed by atoms with Crippen molar-refractivity contribution in [3.8, 4) is 11.5 Å². The molecule has 126 valence electrons. The van der Waals surface area contributed by atoms with E-state index in [1.807, 2.05) is 0 Å². The summed E-state index contributed by atoms with van der Waals surface area (Å²) >= 11 is 0. The van der Waals surface area contributed by atoms with Crippen LogP contribution in [0.4, 0.5) is 0 Å². The first-order chi connectivity index (χ1) is 11.2. The summed E-state index contributed by atoms with van der Waals surface area (Å²) in [5.41, 5.74) is 0. The Labute approximate surface area is 146 Å². The monoisotopic (exact) mass is 354 g/mol. The minimum Gasteiger partial charge on any atom is -0.543 e. The zero-order chi connectivity index (χ0) is 17.5. The summed E-state index contributed by atoms with van der Waals surface area (Å²) in [4.78, 5) is 0. The first-order valence-corrected chi connectivity index (χ1v) is 15.3. The number of benzene rings is 3. The van der Waals surface area contributed by atoms with E-state index >= 15 is 0 Å². The van der Waals surface area contributed by atoms with Crippen LogP contribution in [0.5, 0.6) is 11.5 Å². The molecule has 0 fully saturated rings. The van der Waals surface area contributed by atoms with Crippen molar-refractivity contribution in [2.45, 2.75) is 39.3 Å². The second kappa shape index (κ2) is 5.94. The van der Waals surface area contributed by atoms with E-state index in [1.54, 1.807) is 0 Å². The van der Waals surface area contributed by atoms with E-state index in [1.165, 1.54) is 0 Å². The van der Waals surface area contributed by atoms with Gasteiger partial charge in [-0.3, -0.25) is 0 Å². The van der Waals surface area contributed by atoms with Crippen LogP contribution in [0, 0.1) is 0 Å². The lowest BCUT2D eigenvalue weighted by Crippen LogP contribution is -2.30. The molecule has 0 unspecified atom stereocenters. The minimum absolute atomic E-state index is 1.00. The van der Waals surface area contributed by atoms with Crippen LogP contribution in [-0.2, 0) is 0 Å². The summed E-state index contributed by atoms with van der Waals surface area (Å²) in [6.45, 7) is 13.4. The molecule has 2 nitrogen and oxygen atoms in total. The largest absolute Gasteiger partial charge is 0.543 e. The predicted octanol–water partition coefficient (Wildman–Crippen LogP) is 6.42. The molecule has 4 heteroatoms. The Bertz CT molecular complexity index is 759. The first kappa shape index (κ1) is 17.1. The lowest BCUT2D eigenvalue weighted by molar-refractivity contribution is 0.561. The fraction of sp³-hybridized carbons (Fsp3) is 0.300. The van der Waals surface area contributed by atoms with Gasteiger partial charge in [-0.1, -0.05) is 48.5 Å². The Kier molecular flexibility index (Phi) is 4.22. The molecule has 0 heterocycles. The minimum atomic E-state index is -1.73. The number of hydrogen-bond acceptors (Lipinski definition) is 2. The predicted molar refractivity (Wildman–Crippen MR) is 109 cm³/mol. The smallest absolute Gasteiger partial charge is 0.242 e. The number of fused-ring (bicyclic) bond motifs is 2. The van der Waals surface area contributed by atoms with Gasteiger partial charge in [-0.05, 0) is 39.3 Å². The molecule has 0 aromatic heterocycles. The van der Waals surface area contributed by atoms with Gasteiger partial charge in [0.2, 0.25) is 16.6 Å². The van der Waals surface area contributed by atoms with E-state index in [-0.39, 0.29) is 0 Å². The third-order valence-corrected chi connectivity index (χ3v) is 5.28. The highest BCUT2D eigenvalue weighted by Crippen LogP contribution is 2.44. The van der Waals surface area contributed by atoms with Crippen molar-refractivity contribution in [1.82, 2.24) is 0 Å². The Balaban J connectivity index is 2.41. The summed E-state index contributed by atoms with van der Waals surface area (Å²) in [5.74, 6) is 2.01. The molecule has 3 rings (SSSR count). The van der Waals surface area contributed by atoms with Gasteiger partial charge in [0.15, 0.2) is 0 Å². The molecule has 0 N–H and O–H groups in total. The van der Waals surface area contributed by atoms with Crippen molar-refractivity contribution in [1.29, 1.82) is 0 Å². The molecular weight excluding hydrogens is 328 g/mol. The molecule has 0 atom stereocenters. The maximum atomic E-state index is 6.51. The van der Waals surface area contributed by atoms with Gasteiger partial charge in [-0.2, -0.15) is 0 Å². The Morgan fingerprint density at radius 3 is 0.958 bits per heavy atom. The van der Waals surface area contributed by atoms with Gasteiger partial charge in [0.25, 0.3) is 0 Å². The third kappa shape index (κ3) is 3.49. The van der Waals surface area contributed by atoms with Gasteiger partial charge in [-0.15, -0.1) is 0 Å². The van der Waals surface area contributed by atoms with E-state index in [0.29, 0.717) is 0 Å². The van der Waals surface area contributed by atoms with Gasteiger partial charge >= 0.3 is 0 Å². The summed E-state index contributed by atoms with van der Waals surface area (Å²) in [5, 5.41) is 4.58. The van der Waals surface area contributed by atoms with Gasteiger partial charge in [0.1, 0.15) is 11.5 Å². The second-order valence-corrected chi connectivity index (χ2v) is 17.0. The molecule has 3 aromatic carbocycles.